The van der Waals surface area contributed by atoms with Crippen LogP contribution in [-0.4, -0.2) is 99.1 Å². The Hall–Kier alpha value is -4.07. The minimum atomic E-state index is -1.01. The Bertz CT molecular complexity index is 1310. The van der Waals surface area contributed by atoms with E-state index in [1.165, 1.54) is 20.3 Å². The van der Waals surface area contributed by atoms with Crippen molar-refractivity contribution in [1.82, 2.24) is 15.5 Å². The summed E-state index contributed by atoms with van der Waals surface area (Å²) in [6.07, 6.45) is 4.64. The van der Waals surface area contributed by atoms with Gasteiger partial charge in [0.1, 0.15) is 6.10 Å². The molecular formula is C32H47N5O8. The molecule has 1 aliphatic heterocycles. The number of carbonyl (C=O) groups is 4. The third kappa shape index (κ3) is 10.5. The highest BCUT2D eigenvalue weighted by Gasteiger charge is 2.33. The van der Waals surface area contributed by atoms with E-state index in [-0.39, 0.29) is 34.9 Å². The van der Waals surface area contributed by atoms with Gasteiger partial charge in [-0.1, -0.05) is 43.3 Å². The predicted molar refractivity (Wildman–Crippen MR) is 169 cm³/mol. The van der Waals surface area contributed by atoms with E-state index < -0.39 is 47.8 Å². The molecule has 5 N–H and O–H groups in total. The molecule has 0 unspecified atom stereocenters. The third-order valence-electron chi connectivity index (χ3n) is 7.60. The topological polar surface area (TPSA) is 182 Å². The molecule has 0 saturated heterocycles. The molecule has 45 heavy (non-hydrogen) atoms. The maximum absolute atomic E-state index is 13.7. The molecule has 0 radical (unpaired) electrons. The highest BCUT2D eigenvalue weighted by Crippen LogP contribution is 2.28. The van der Waals surface area contributed by atoms with Crippen molar-refractivity contribution in [2.75, 3.05) is 41.4 Å². The van der Waals surface area contributed by atoms with Crippen LogP contribution >= 0.6 is 0 Å². The summed E-state index contributed by atoms with van der Waals surface area (Å²) in [5.41, 5.74) is 6.80. The number of fused-ring (bicyclic) bond motifs is 2. The van der Waals surface area contributed by atoms with Gasteiger partial charge in [-0.3, -0.25) is 14.4 Å². The number of Topliss-reactive ketones (excluding diaryl/α,β-unsaturated/α-hetero) is 1. The van der Waals surface area contributed by atoms with Gasteiger partial charge in [0.05, 0.1) is 23.2 Å². The van der Waals surface area contributed by atoms with Crippen molar-refractivity contribution in [2.45, 2.75) is 58.8 Å². The van der Waals surface area contributed by atoms with Gasteiger partial charge in [0, 0.05) is 50.4 Å². The van der Waals surface area contributed by atoms with Crippen LogP contribution in [0.25, 0.3) is 0 Å². The number of allylic oxidation sites excluding steroid dienone is 5. The monoisotopic (exact) mass is 629 g/mol. The van der Waals surface area contributed by atoms with Gasteiger partial charge in [-0.25, -0.2) is 4.79 Å². The van der Waals surface area contributed by atoms with Crippen LogP contribution in [0.2, 0.25) is 0 Å². The fourth-order valence-electron chi connectivity index (χ4n) is 5.19. The fourth-order valence-corrected chi connectivity index (χ4v) is 5.19. The highest BCUT2D eigenvalue weighted by molar-refractivity contribution is 6.23. The quantitative estimate of drug-likeness (QED) is 0.141. The zero-order chi connectivity index (χ0) is 33.8. The zero-order valence-corrected chi connectivity index (χ0v) is 27.4. The Labute approximate surface area is 264 Å². The molecule has 2 aliphatic rings. The van der Waals surface area contributed by atoms with Crippen molar-refractivity contribution in [3.8, 4) is 0 Å². The molecule has 0 aromatic rings. The van der Waals surface area contributed by atoms with Crippen molar-refractivity contribution < 1.29 is 38.6 Å². The summed E-state index contributed by atoms with van der Waals surface area (Å²) >= 11 is 0. The zero-order valence-electron chi connectivity index (χ0n) is 27.4. The SMILES string of the molecule is CO[C@H]1C[C@H](C)CC2=C(NCCN(C)C)C(=O)C=C(NC(=O)/C(C)=C/C=C\[C@H](OC)[C@@H](OC(N)=O)/C(C)=C/[C@H](C)/C1=N\O)C2=O. The number of nitrogens with one attached hydrogen (secondary N) is 2. The van der Waals surface area contributed by atoms with Gasteiger partial charge in [0.2, 0.25) is 11.6 Å². The van der Waals surface area contributed by atoms with Gasteiger partial charge in [-0.15, -0.1) is 0 Å². The molecule has 0 aromatic carbocycles. The van der Waals surface area contributed by atoms with E-state index in [2.05, 4.69) is 15.8 Å². The van der Waals surface area contributed by atoms with E-state index in [1.807, 2.05) is 25.9 Å². The first-order valence-electron chi connectivity index (χ1n) is 14.7. The number of amides is 2. The lowest BCUT2D eigenvalue weighted by Crippen LogP contribution is -2.38. The second kappa shape index (κ2) is 17.4. The van der Waals surface area contributed by atoms with Gasteiger partial charge in [0.15, 0.2) is 6.10 Å². The first-order valence-corrected chi connectivity index (χ1v) is 14.7. The second-order valence-corrected chi connectivity index (χ2v) is 11.6. The number of hydrogen-bond donors (Lipinski definition) is 4. The summed E-state index contributed by atoms with van der Waals surface area (Å²) in [6, 6.07) is 0. The lowest BCUT2D eigenvalue weighted by molar-refractivity contribution is -0.120. The van der Waals surface area contributed by atoms with E-state index in [0.717, 1.165) is 6.08 Å². The van der Waals surface area contributed by atoms with Crippen molar-refractivity contribution in [3.63, 3.8) is 0 Å². The van der Waals surface area contributed by atoms with Gasteiger partial charge in [-0.2, -0.15) is 0 Å². The molecular weight excluding hydrogens is 582 g/mol. The number of ketones is 2. The summed E-state index contributed by atoms with van der Waals surface area (Å²) in [5.74, 6) is -2.17. The van der Waals surface area contributed by atoms with Crippen molar-refractivity contribution >= 4 is 29.3 Å². The van der Waals surface area contributed by atoms with Gasteiger partial charge in [0.25, 0.3) is 5.91 Å². The van der Waals surface area contributed by atoms with Crippen LogP contribution in [0.3, 0.4) is 0 Å². The number of carbonyl (C=O) groups excluding carboxylic acids is 4. The third-order valence-corrected chi connectivity index (χ3v) is 7.60. The van der Waals surface area contributed by atoms with E-state index >= 15 is 0 Å². The van der Waals surface area contributed by atoms with E-state index in [9.17, 15) is 24.4 Å². The predicted octanol–water partition coefficient (Wildman–Crippen LogP) is 2.38. The van der Waals surface area contributed by atoms with Gasteiger partial charge >= 0.3 is 6.09 Å². The summed E-state index contributed by atoms with van der Waals surface area (Å²) < 4.78 is 16.7. The molecule has 0 saturated carbocycles. The number of hydrogen-bond acceptors (Lipinski definition) is 11. The van der Waals surface area contributed by atoms with E-state index in [0.29, 0.717) is 30.8 Å². The Balaban J connectivity index is 2.66. The number of ether oxygens (including phenoxy) is 3. The van der Waals surface area contributed by atoms with Crippen molar-refractivity contribution in [2.24, 2.45) is 22.7 Å². The van der Waals surface area contributed by atoms with Gasteiger partial charge < -0.3 is 40.7 Å². The molecule has 0 fully saturated rings. The van der Waals surface area contributed by atoms with Crippen LogP contribution < -0.4 is 16.4 Å². The molecule has 1 heterocycles. The maximum Gasteiger partial charge on any atom is 0.405 e. The molecule has 2 rings (SSSR count). The molecule has 13 heteroatoms. The average Bonchev–Trinajstić information content (AvgIpc) is 2.97. The highest BCUT2D eigenvalue weighted by atomic mass is 16.6. The molecule has 0 spiro atoms. The first kappa shape index (κ1) is 37.1. The molecule has 248 valence electrons. The Morgan fingerprint density at radius 1 is 1.18 bits per heavy atom. The molecule has 1 aliphatic carbocycles. The van der Waals surface area contributed by atoms with E-state index in [4.69, 9.17) is 19.9 Å². The number of likely N-dealkylation sites (N-methyl/N-ethyl adjacent to an activating group) is 1. The normalized spacial score (nSPS) is 29.8. The van der Waals surface area contributed by atoms with Crippen LogP contribution in [0, 0.1) is 11.8 Å². The number of nitrogens with zero attached hydrogens (tertiary/aromatic N) is 2. The second-order valence-electron chi connectivity index (χ2n) is 11.6. The number of methoxy groups -OCH3 is 2. The molecule has 13 nitrogen and oxygen atoms in total. The van der Waals surface area contributed by atoms with E-state index in [1.54, 1.807) is 39.0 Å². The lowest BCUT2D eigenvalue weighted by Gasteiger charge is -2.27. The van der Waals surface area contributed by atoms with Crippen molar-refractivity contribution in [1.29, 1.82) is 0 Å². The van der Waals surface area contributed by atoms with Crippen molar-refractivity contribution in [3.05, 3.63) is 58.5 Å². The minimum absolute atomic E-state index is 0.126. The lowest BCUT2D eigenvalue weighted by atomic mass is 9.85. The maximum atomic E-state index is 13.7. The molecule has 5 atom stereocenters. The Morgan fingerprint density at radius 2 is 1.87 bits per heavy atom. The average molecular weight is 630 g/mol. The Morgan fingerprint density at radius 3 is 2.44 bits per heavy atom. The van der Waals surface area contributed by atoms with Crippen LogP contribution in [0.5, 0.6) is 0 Å². The fraction of sp³-hybridized carbons (Fsp3) is 0.531. The molecule has 2 bridgehead atoms. The summed E-state index contributed by atoms with van der Waals surface area (Å²) in [6.45, 7) is 8.03. The Kier molecular flexibility index (Phi) is 14.4. The smallest absolute Gasteiger partial charge is 0.405 e. The number of rotatable bonds is 7. The number of oxime groups is 1. The summed E-state index contributed by atoms with van der Waals surface area (Å²) in [5, 5.41) is 19.3. The van der Waals surface area contributed by atoms with Gasteiger partial charge in [-0.05, 0) is 52.3 Å². The summed E-state index contributed by atoms with van der Waals surface area (Å²) in [4.78, 5) is 53.8. The number of nitrogens with two attached hydrogens (primary N) is 1. The molecule has 2 amide bonds. The van der Waals surface area contributed by atoms with Crippen LogP contribution in [0.1, 0.15) is 40.5 Å². The summed E-state index contributed by atoms with van der Waals surface area (Å²) in [7, 11) is 6.71. The number of primary amides is 1. The van der Waals surface area contributed by atoms with Crippen LogP contribution in [0.4, 0.5) is 4.79 Å². The first-order chi connectivity index (χ1) is 21.2. The minimum Gasteiger partial charge on any atom is -0.439 e. The van der Waals surface area contributed by atoms with Crippen LogP contribution in [0.15, 0.2) is 63.6 Å². The standard InChI is InChI=1S/C32H47N5O8/c1-18-14-22-28(34-12-13-37(5)6)24(38)17-23(29(22)39)35-31(40)19(2)10-9-11-25(43-7)30(45-32(33)41)21(4)16-20(3)27(36-42)26(15-18)44-8/h9-11,16-18,20,25-26,30,34,42H,12-15H2,1-8H3,(H2,33,41)(H,35,40)/b11-9-,19-10+,21-16+,36-27+/t18-,20+,25+,26+,30+/m1/s1. The largest absolute Gasteiger partial charge is 0.439 e. The molecule has 0 aromatic heterocycles. The van der Waals surface area contributed by atoms with Crippen LogP contribution in [-0.2, 0) is 28.6 Å².